The van der Waals surface area contributed by atoms with Crippen LogP contribution in [0.25, 0.3) is 0 Å². The molecule has 0 bridgehead atoms. The molecule has 17 heavy (non-hydrogen) atoms. The highest BCUT2D eigenvalue weighted by Crippen LogP contribution is 2.15. The summed E-state index contributed by atoms with van der Waals surface area (Å²) < 4.78 is 0. The lowest BCUT2D eigenvalue weighted by Crippen LogP contribution is -2.39. The standard InChI is InChI=1S/C11H14N2O3S/c14-10(15)8-13-11(16)12-6-7-17-9-4-2-1-3-5-9/h1-5H,6-8H2,(H,14,15)(H2,12,13,16). The Morgan fingerprint density at radius 1 is 1.18 bits per heavy atom. The molecule has 0 heterocycles. The Hall–Kier alpha value is -1.69. The van der Waals surface area contributed by atoms with Crippen molar-refractivity contribution in [3.05, 3.63) is 30.3 Å². The van der Waals surface area contributed by atoms with Crippen LogP contribution in [0.2, 0.25) is 0 Å². The van der Waals surface area contributed by atoms with Crippen LogP contribution in [0.4, 0.5) is 4.79 Å². The Kier molecular flexibility index (Phi) is 5.95. The van der Waals surface area contributed by atoms with Crippen LogP contribution in [0, 0.1) is 0 Å². The molecule has 0 aliphatic rings. The van der Waals surface area contributed by atoms with Crippen molar-refractivity contribution in [1.82, 2.24) is 10.6 Å². The number of amides is 2. The molecule has 0 saturated heterocycles. The third-order valence-corrected chi connectivity index (χ3v) is 2.81. The number of hydrogen-bond acceptors (Lipinski definition) is 3. The minimum Gasteiger partial charge on any atom is -0.480 e. The molecule has 1 aromatic rings. The van der Waals surface area contributed by atoms with Gasteiger partial charge in [0.1, 0.15) is 6.54 Å². The topological polar surface area (TPSA) is 78.4 Å². The average molecular weight is 254 g/mol. The van der Waals surface area contributed by atoms with Crippen molar-refractivity contribution in [2.24, 2.45) is 0 Å². The minimum absolute atomic E-state index is 0.363. The van der Waals surface area contributed by atoms with E-state index >= 15 is 0 Å². The zero-order valence-corrected chi connectivity index (χ0v) is 10.00. The second-order valence-electron chi connectivity index (χ2n) is 3.16. The molecule has 0 spiro atoms. The van der Waals surface area contributed by atoms with Gasteiger partial charge in [-0.1, -0.05) is 18.2 Å². The van der Waals surface area contributed by atoms with E-state index < -0.39 is 12.0 Å². The largest absolute Gasteiger partial charge is 0.480 e. The van der Waals surface area contributed by atoms with E-state index in [9.17, 15) is 9.59 Å². The van der Waals surface area contributed by atoms with Crippen LogP contribution in [-0.2, 0) is 4.79 Å². The predicted molar refractivity (Wildman–Crippen MR) is 66.2 cm³/mol. The molecule has 1 rings (SSSR count). The molecule has 2 amide bonds. The van der Waals surface area contributed by atoms with Gasteiger partial charge in [-0.2, -0.15) is 0 Å². The summed E-state index contributed by atoms with van der Waals surface area (Å²) in [6.07, 6.45) is 0. The maximum atomic E-state index is 11.1. The molecule has 0 saturated carbocycles. The van der Waals surface area contributed by atoms with Gasteiger partial charge in [-0.3, -0.25) is 4.79 Å². The Morgan fingerprint density at radius 2 is 1.88 bits per heavy atom. The van der Waals surface area contributed by atoms with Crippen molar-refractivity contribution in [3.8, 4) is 0 Å². The molecule has 0 aromatic heterocycles. The molecule has 0 atom stereocenters. The number of carboxylic acid groups (broad SMARTS) is 1. The van der Waals surface area contributed by atoms with Gasteiger partial charge in [0.2, 0.25) is 0 Å². The van der Waals surface area contributed by atoms with Crippen molar-refractivity contribution in [2.75, 3.05) is 18.8 Å². The van der Waals surface area contributed by atoms with Gasteiger partial charge in [0.15, 0.2) is 0 Å². The first-order chi connectivity index (χ1) is 8.18. The second kappa shape index (κ2) is 7.56. The SMILES string of the molecule is O=C(O)CNC(=O)NCCSc1ccccc1. The number of carbonyl (C=O) groups is 2. The summed E-state index contributed by atoms with van der Waals surface area (Å²) in [7, 11) is 0. The molecule has 0 unspecified atom stereocenters. The van der Waals surface area contributed by atoms with Gasteiger partial charge in [0, 0.05) is 17.2 Å². The van der Waals surface area contributed by atoms with E-state index in [0.29, 0.717) is 6.54 Å². The molecular formula is C11H14N2O3S. The van der Waals surface area contributed by atoms with Gasteiger partial charge >= 0.3 is 12.0 Å². The predicted octanol–water partition coefficient (Wildman–Crippen LogP) is 1.16. The second-order valence-corrected chi connectivity index (χ2v) is 4.33. The first-order valence-electron chi connectivity index (χ1n) is 5.10. The number of hydrogen-bond donors (Lipinski definition) is 3. The quantitative estimate of drug-likeness (QED) is 0.526. The maximum Gasteiger partial charge on any atom is 0.323 e. The first kappa shape index (κ1) is 13.4. The monoisotopic (exact) mass is 254 g/mol. The molecule has 0 aliphatic carbocycles. The van der Waals surface area contributed by atoms with Gasteiger partial charge in [0.25, 0.3) is 0 Å². The highest BCUT2D eigenvalue weighted by molar-refractivity contribution is 7.99. The number of benzene rings is 1. The number of aliphatic carboxylic acids is 1. The van der Waals surface area contributed by atoms with Crippen LogP contribution >= 0.6 is 11.8 Å². The van der Waals surface area contributed by atoms with Crippen LogP contribution in [0.5, 0.6) is 0 Å². The Bertz CT molecular complexity index is 370. The summed E-state index contributed by atoms with van der Waals surface area (Å²) in [6.45, 7) is 0.128. The number of carbonyl (C=O) groups excluding carboxylic acids is 1. The molecule has 0 radical (unpaired) electrons. The van der Waals surface area contributed by atoms with Crippen molar-refractivity contribution >= 4 is 23.8 Å². The van der Waals surface area contributed by atoms with E-state index in [-0.39, 0.29) is 6.54 Å². The van der Waals surface area contributed by atoms with Crippen molar-refractivity contribution in [2.45, 2.75) is 4.90 Å². The van der Waals surface area contributed by atoms with E-state index in [4.69, 9.17) is 5.11 Å². The Morgan fingerprint density at radius 3 is 2.53 bits per heavy atom. The first-order valence-corrected chi connectivity index (χ1v) is 6.08. The van der Waals surface area contributed by atoms with E-state index in [2.05, 4.69) is 10.6 Å². The van der Waals surface area contributed by atoms with Crippen molar-refractivity contribution < 1.29 is 14.7 Å². The van der Waals surface area contributed by atoms with E-state index in [1.54, 1.807) is 11.8 Å². The summed E-state index contributed by atoms with van der Waals surface area (Å²) in [4.78, 5) is 22.4. The Balaban J connectivity index is 2.08. The zero-order chi connectivity index (χ0) is 12.5. The smallest absolute Gasteiger partial charge is 0.323 e. The molecular weight excluding hydrogens is 240 g/mol. The average Bonchev–Trinajstić information content (AvgIpc) is 2.33. The fourth-order valence-electron chi connectivity index (χ4n) is 1.07. The summed E-state index contributed by atoms with van der Waals surface area (Å²) >= 11 is 1.63. The molecule has 0 aliphatic heterocycles. The van der Waals surface area contributed by atoms with E-state index in [0.717, 1.165) is 10.6 Å². The Labute approximate surface area is 104 Å². The fraction of sp³-hybridized carbons (Fsp3) is 0.273. The number of thioether (sulfide) groups is 1. The van der Waals surface area contributed by atoms with Crippen LogP contribution in [-0.4, -0.2) is 35.9 Å². The third kappa shape index (κ3) is 6.47. The molecule has 5 nitrogen and oxygen atoms in total. The van der Waals surface area contributed by atoms with E-state index in [1.165, 1.54) is 0 Å². The lowest BCUT2D eigenvalue weighted by Gasteiger charge is -2.05. The number of rotatable bonds is 6. The highest BCUT2D eigenvalue weighted by Gasteiger charge is 2.01. The fourth-order valence-corrected chi connectivity index (χ4v) is 1.86. The molecule has 3 N–H and O–H groups in total. The normalized spacial score (nSPS) is 9.65. The van der Waals surface area contributed by atoms with Crippen LogP contribution in [0.1, 0.15) is 0 Å². The van der Waals surface area contributed by atoms with Gasteiger partial charge < -0.3 is 15.7 Å². The number of urea groups is 1. The molecule has 1 aromatic carbocycles. The minimum atomic E-state index is -1.06. The van der Waals surface area contributed by atoms with Crippen molar-refractivity contribution in [1.29, 1.82) is 0 Å². The summed E-state index contributed by atoms with van der Waals surface area (Å²) in [5.74, 6) is -0.316. The molecule has 6 heteroatoms. The van der Waals surface area contributed by atoms with Crippen LogP contribution < -0.4 is 10.6 Å². The molecule has 92 valence electrons. The van der Waals surface area contributed by atoms with Gasteiger partial charge in [0.05, 0.1) is 0 Å². The number of carboxylic acids is 1. The van der Waals surface area contributed by atoms with E-state index in [1.807, 2.05) is 30.3 Å². The lowest BCUT2D eigenvalue weighted by atomic mass is 10.4. The lowest BCUT2D eigenvalue weighted by molar-refractivity contribution is -0.135. The number of nitrogens with one attached hydrogen (secondary N) is 2. The maximum absolute atomic E-state index is 11.1. The summed E-state index contributed by atoms with van der Waals surface area (Å²) in [5.41, 5.74) is 0. The van der Waals surface area contributed by atoms with Gasteiger partial charge in [-0.05, 0) is 12.1 Å². The summed E-state index contributed by atoms with van der Waals surface area (Å²) in [5, 5.41) is 13.1. The zero-order valence-electron chi connectivity index (χ0n) is 9.18. The van der Waals surface area contributed by atoms with Crippen LogP contribution in [0.15, 0.2) is 35.2 Å². The third-order valence-electron chi connectivity index (χ3n) is 1.80. The van der Waals surface area contributed by atoms with Gasteiger partial charge in [-0.25, -0.2) is 4.79 Å². The summed E-state index contributed by atoms with van der Waals surface area (Å²) in [6, 6.07) is 9.39. The van der Waals surface area contributed by atoms with Crippen molar-refractivity contribution in [3.63, 3.8) is 0 Å². The van der Waals surface area contributed by atoms with Gasteiger partial charge in [-0.15, -0.1) is 11.8 Å². The highest BCUT2D eigenvalue weighted by atomic mass is 32.2. The molecule has 0 fully saturated rings. The van der Waals surface area contributed by atoms with Crippen LogP contribution in [0.3, 0.4) is 0 Å².